The van der Waals surface area contributed by atoms with Crippen molar-refractivity contribution < 1.29 is 22.8 Å². The molecule has 3 aromatic rings. The Bertz CT molecular complexity index is 1410. The summed E-state index contributed by atoms with van der Waals surface area (Å²) >= 11 is 0. The van der Waals surface area contributed by atoms with Gasteiger partial charge >= 0.3 is 6.03 Å². The van der Waals surface area contributed by atoms with Crippen LogP contribution in [0.4, 0.5) is 10.5 Å². The molecule has 9 nitrogen and oxygen atoms in total. The average Bonchev–Trinajstić information content (AvgIpc) is 3.46. The Morgan fingerprint density at radius 3 is 2.73 bits per heavy atom. The summed E-state index contributed by atoms with van der Waals surface area (Å²) in [6.45, 7) is -0.0437. The first-order valence-electron chi connectivity index (χ1n) is 10.5. The second-order valence-electron chi connectivity index (χ2n) is 8.34. The molecule has 1 saturated heterocycles. The molecule has 33 heavy (non-hydrogen) atoms. The van der Waals surface area contributed by atoms with E-state index < -0.39 is 28.0 Å². The van der Waals surface area contributed by atoms with E-state index in [1.54, 1.807) is 12.1 Å². The Morgan fingerprint density at radius 2 is 1.94 bits per heavy atom. The minimum absolute atomic E-state index is 0.319. The maximum atomic E-state index is 12.9. The number of para-hydroxylation sites is 1. The molecule has 1 fully saturated rings. The van der Waals surface area contributed by atoms with E-state index >= 15 is 0 Å². The van der Waals surface area contributed by atoms with Gasteiger partial charge in [0.2, 0.25) is 10.0 Å². The van der Waals surface area contributed by atoms with E-state index in [1.807, 2.05) is 30.5 Å². The number of ketones is 1. The van der Waals surface area contributed by atoms with Crippen molar-refractivity contribution in [2.24, 2.45) is 0 Å². The van der Waals surface area contributed by atoms with Gasteiger partial charge in [-0.1, -0.05) is 18.2 Å². The normalized spacial score (nSPS) is 18.2. The molecule has 1 aromatic heterocycles. The number of nitrogens with one attached hydrogen (secondary N) is 2. The van der Waals surface area contributed by atoms with Gasteiger partial charge in [0.1, 0.15) is 6.04 Å². The molecular weight excluding hydrogens is 444 g/mol. The number of amides is 3. The van der Waals surface area contributed by atoms with Gasteiger partial charge in [0.05, 0.1) is 18.5 Å². The average molecular weight is 467 g/mol. The molecule has 170 valence electrons. The van der Waals surface area contributed by atoms with Crippen molar-refractivity contribution in [3.63, 3.8) is 0 Å². The monoisotopic (exact) mass is 466 g/mol. The maximum absolute atomic E-state index is 12.9. The molecule has 2 aliphatic heterocycles. The van der Waals surface area contributed by atoms with Crippen molar-refractivity contribution in [3.05, 3.63) is 65.4 Å². The van der Waals surface area contributed by atoms with Crippen LogP contribution in [0.2, 0.25) is 0 Å². The third-order valence-corrected chi connectivity index (χ3v) is 7.34. The fourth-order valence-corrected chi connectivity index (χ4v) is 5.47. The second kappa shape index (κ2) is 7.73. The third kappa shape index (κ3) is 3.76. The predicted octanol–water partition coefficient (Wildman–Crippen LogP) is 1.84. The van der Waals surface area contributed by atoms with Gasteiger partial charge in [-0.2, -0.15) is 0 Å². The molecule has 0 aliphatic carbocycles. The van der Waals surface area contributed by atoms with Crippen LogP contribution in [0.15, 0.2) is 48.7 Å². The lowest BCUT2D eigenvalue weighted by atomic mass is 10.0. The number of nitrogens with zero attached hydrogens (tertiary/aromatic N) is 2. The highest BCUT2D eigenvalue weighted by Gasteiger charge is 2.39. The molecule has 0 bridgehead atoms. The molecule has 0 radical (unpaired) electrons. The first-order valence-corrected chi connectivity index (χ1v) is 12.4. The SMILES string of the molecule is CS(=O)(=O)N1CCc2cc(C(=O)CN3C(=O)NC(Cc4c[nH]c5ccccc45)C3=O)ccc21. The number of urea groups is 1. The molecule has 2 aromatic carbocycles. The Balaban J connectivity index is 1.30. The van der Waals surface area contributed by atoms with Crippen LogP contribution in [0.25, 0.3) is 10.9 Å². The van der Waals surface area contributed by atoms with Crippen LogP contribution in [-0.2, 0) is 27.7 Å². The highest BCUT2D eigenvalue weighted by atomic mass is 32.2. The number of benzene rings is 2. The molecule has 2 aliphatic rings. The van der Waals surface area contributed by atoms with Crippen molar-refractivity contribution in [2.45, 2.75) is 18.9 Å². The first-order chi connectivity index (χ1) is 15.7. The molecule has 0 spiro atoms. The number of carbonyl (C=O) groups is 3. The molecule has 0 saturated carbocycles. The van der Waals surface area contributed by atoms with E-state index in [4.69, 9.17) is 0 Å². The Labute approximate surface area is 190 Å². The molecule has 2 N–H and O–H groups in total. The summed E-state index contributed by atoms with van der Waals surface area (Å²) in [5.41, 5.74) is 3.50. The predicted molar refractivity (Wildman–Crippen MR) is 123 cm³/mol. The summed E-state index contributed by atoms with van der Waals surface area (Å²) in [7, 11) is -3.38. The number of hydrogen-bond donors (Lipinski definition) is 2. The standard InChI is InChI=1S/C23H22N4O5S/c1-33(31,32)27-9-8-14-10-15(6-7-20(14)27)21(28)13-26-22(29)19(25-23(26)30)11-16-12-24-18-5-3-2-4-17(16)18/h2-7,10,12,19,24H,8-9,11,13H2,1H3,(H,25,30). The Hall–Kier alpha value is -3.66. The van der Waals surface area contributed by atoms with E-state index in [2.05, 4.69) is 10.3 Å². The minimum atomic E-state index is -3.38. The van der Waals surface area contributed by atoms with Gasteiger partial charge < -0.3 is 10.3 Å². The lowest BCUT2D eigenvalue weighted by molar-refractivity contribution is -0.127. The first kappa shape index (κ1) is 21.2. The zero-order valence-electron chi connectivity index (χ0n) is 17.9. The van der Waals surface area contributed by atoms with Crippen molar-refractivity contribution in [1.29, 1.82) is 0 Å². The molecule has 10 heteroatoms. The van der Waals surface area contributed by atoms with Gasteiger partial charge in [-0.05, 0) is 41.8 Å². The topological polar surface area (TPSA) is 120 Å². The van der Waals surface area contributed by atoms with E-state index in [0.29, 0.717) is 30.6 Å². The third-order valence-electron chi connectivity index (χ3n) is 6.16. The number of imide groups is 1. The summed E-state index contributed by atoms with van der Waals surface area (Å²) in [6.07, 6.45) is 3.78. The van der Waals surface area contributed by atoms with Gasteiger partial charge in [-0.25, -0.2) is 13.2 Å². The largest absolute Gasteiger partial charge is 0.361 e. The minimum Gasteiger partial charge on any atom is -0.361 e. The summed E-state index contributed by atoms with van der Waals surface area (Å²) in [5, 5.41) is 3.66. The highest BCUT2D eigenvalue weighted by Crippen LogP contribution is 2.31. The van der Waals surface area contributed by atoms with Crippen LogP contribution in [0.5, 0.6) is 0 Å². The number of Topliss-reactive ketones (excluding diaryl/α,β-unsaturated/α-hetero) is 1. The number of carbonyl (C=O) groups excluding carboxylic acids is 3. The summed E-state index contributed by atoms with van der Waals surface area (Å²) in [4.78, 5) is 42.3. The number of aromatic nitrogens is 1. The lowest BCUT2D eigenvalue weighted by Crippen LogP contribution is -2.36. The number of H-pyrrole nitrogens is 1. The van der Waals surface area contributed by atoms with Crippen LogP contribution < -0.4 is 9.62 Å². The van der Waals surface area contributed by atoms with Crippen LogP contribution in [0, 0.1) is 0 Å². The Morgan fingerprint density at radius 1 is 1.15 bits per heavy atom. The summed E-state index contributed by atoms with van der Waals surface area (Å²) < 4.78 is 25.1. The van der Waals surface area contributed by atoms with E-state index in [0.717, 1.165) is 33.2 Å². The van der Waals surface area contributed by atoms with E-state index in [9.17, 15) is 22.8 Å². The molecular formula is C23H22N4O5S. The molecule has 3 amide bonds. The highest BCUT2D eigenvalue weighted by molar-refractivity contribution is 7.92. The lowest BCUT2D eigenvalue weighted by Gasteiger charge is -2.17. The van der Waals surface area contributed by atoms with Crippen molar-refractivity contribution in [1.82, 2.24) is 15.2 Å². The van der Waals surface area contributed by atoms with Gasteiger partial charge in [0.15, 0.2) is 5.78 Å². The molecule has 3 heterocycles. The number of aromatic amines is 1. The zero-order valence-corrected chi connectivity index (χ0v) is 18.7. The van der Waals surface area contributed by atoms with Crippen molar-refractivity contribution >= 4 is 44.3 Å². The number of fused-ring (bicyclic) bond motifs is 2. The maximum Gasteiger partial charge on any atom is 0.325 e. The summed E-state index contributed by atoms with van der Waals surface area (Å²) in [6, 6.07) is 11.1. The smallest absolute Gasteiger partial charge is 0.325 e. The molecule has 1 unspecified atom stereocenters. The van der Waals surface area contributed by atoms with E-state index in [-0.39, 0.29) is 12.3 Å². The van der Waals surface area contributed by atoms with E-state index in [1.165, 1.54) is 10.4 Å². The van der Waals surface area contributed by atoms with Crippen LogP contribution in [-0.4, -0.2) is 61.4 Å². The number of sulfonamides is 1. The van der Waals surface area contributed by atoms with Crippen molar-refractivity contribution in [3.8, 4) is 0 Å². The number of anilines is 1. The molecule has 1 atom stereocenters. The van der Waals surface area contributed by atoms with Gasteiger partial charge in [0, 0.05) is 35.6 Å². The zero-order chi connectivity index (χ0) is 23.3. The fraction of sp³-hybridized carbons (Fsp3) is 0.261. The van der Waals surface area contributed by atoms with Crippen LogP contribution >= 0.6 is 0 Å². The number of hydrogen-bond acceptors (Lipinski definition) is 5. The van der Waals surface area contributed by atoms with Gasteiger partial charge in [-0.15, -0.1) is 0 Å². The number of rotatable bonds is 6. The van der Waals surface area contributed by atoms with Crippen molar-refractivity contribution in [2.75, 3.05) is 23.7 Å². The second-order valence-corrected chi connectivity index (χ2v) is 10.2. The fourth-order valence-electron chi connectivity index (χ4n) is 4.51. The quantitative estimate of drug-likeness (QED) is 0.424. The Kier molecular flexibility index (Phi) is 4.97. The van der Waals surface area contributed by atoms with Gasteiger partial charge in [-0.3, -0.25) is 18.8 Å². The van der Waals surface area contributed by atoms with Gasteiger partial charge in [0.25, 0.3) is 5.91 Å². The molecule has 5 rings (SSSR count). The van der Waals surface area contributed by atoms with Crippen LogP contribution in [0.3, 0.4) is 0 Å². The summed E-state index contributed by atoms with van der Waals surface area (Å²) in [5.74, 6) is -0.824. The van der Waals surface area contributed by atoms with Crippen LogP contribution in [0.1, 0.15) is 21.5 Å².